The van der Waals surface area contributed by atoms with Crippen LogP contribution in [0.25, 0.3) is 0 Å². The molecule has 2 aliphatic heterocycles. The van der Waals surface area contributed by atoms with E-state index in [-0.39, 0.29) is 29.6 Å². The van der Waals surface area contributed by atoms with Gasteiger partial charge in [-0.05, 0) is 48.1 Å². The summed E-state index contributed by atoms with van der Waals surface area (Å²) in [5, 5.41) is 13.0. The second kappa shape index (κ2) is 10.2. The van der Waals surface area contributed by atoms with Gasteiger partial charge in [0.05, 0.1) is 17.0 Å². The molecule has 1 aromatic heterocycles. The van der Waals surface area contributed by atoms with Crippen LogP contribution in [0.4, 0.5) is 5.69 Å². The van der Waals surface area contributed by atoms with Gasteiger partial charge >= 0.3 is 0 Å². The maximum Gasteiger partial charge on any atom is 0.269 e. The molecule has 5 rings (SSSR count). The number of nitrogens with zero attached hydrogens (tertiary/aromatic N) is 4. The number of thiophene rings is 1. The van der Waals surface area contributed by atoms with E-state index in [2.05, 4.69) is 28.5 Å². The molecule has 0 spiro atoms. The fourth-order valence-electron chi connectivity index (χ4n) is 5.20. The molecule has 1 saturated heterocycles. The largest absolute Gasteiger partial charge is 0.338 e. The summed E-state index contributed by atoms with van der Waals surface area (Å²) >= 11 is 1.78. The first-order chi connectivity index (χ1) is 17.4. The van der Waals surface area contributed by atoms with Crippen molar-refractivity contribution in [3.63, 3.8) is 0 Å². The highest BCUT2D eigenvalue weighted by Crippen LogP contribution is 2.39. The predicted molar refractivity (Wildman–Crippen MR) is 138 cm³/mol. The van der Waals surface area contributed by atoms with Gasteiger partial charge in [-0.2, -0.15) is 0 Å². The second-order valence-electron chi connectivity index (χ2n) is 9.20. The van der Waals surface area contributed by atoms with Gasteiger partial charge in [-0.3, -0.25) is 24.6 Å². The molecule has 2 amide bonds. The minimum Gasteiger partial charge on any atom is -0.338 e. The number of amides is 2. The Kier molecular flexibility index (Phi) is 6.84. The van der Waals surface area contributed by atoms with E-state index < -0.39 is 4.92 Å². The Labute approximate surface area is 213 Å². The molecule has 0 radical (unpaired) electrons. The van der Waals surface area contributed by atoms with Gasteiger partial charge in [0.1, 0.15) is 0 Å². The number of piperazine rings is 1. The molecule has 0 bridgehead atoms. The van der Waals surface area contributed by atoms with Crippen LogP contribution in [0.15, 0.2) is 66.0 Å². The summed E-state index contributed by atoms with van der Waals surface area (Å²) < 4.78 is 0. The van der Waals surface area contributed by atoms with Crippen LogP contribution in [0.2, 0.25) is 0 Å². The van der Waals surface area contributed by atoms with Crippen LogP contribution in [-0.2, 0) is 11.2 Å². The van der Waals surface area contributed by atoms with Gasteiger partial charge in [-0.1, -0.05) is 30.3 Å². The first kappa shape index (κ1) is 24.1. The number of carbonyl (C=O) groups excluding carboxylic acids is 2. The quantitative estimate of drug-likeness (QED) is 0.388. The molecule has 0 saturated carbocycles. The highest BCUT2D eigenvalue weighted by molar-refractivity contribution is 7.10. The van der Waals surface area contributed by atoms with E-state index in [4.69, 9.17) is 0 Å². The summed E-state index contributed by atoms with van der Waals surface area (Å²) in [5.74, 6) is -0.0905. The minimum absolute atomic E-state index is 0.0444. The average Bonchev–Trinajstić information content (AvgIpc) is 3.41. The maximum absolute atomic E-state index is 13.6. The number of hydrogen-bond acceptors (Lipinski definition) is 6. The Morgan fingerprint density at radius 2 is 1.61 bits per heavy atom. The number of hydrogen-bond donors (Lipinski definition) is 0. The van der Waals surface area contributed by atoms with E-state index in [9.17, 15) is 19.7 Å². The number of nitro groups is 1. The first-order valence-corrected chi connectivity index (χ1v) is 13.0. The molecule has 9 heteroatoms. The number of non-ortho nitro benzene ring substituents is 1. The lowest BCUT2D eigenvalue weighted by atomic mass is 9.92. The fourth-order valence-corrected chi connectivity index (χ4v) is 6.11. The molecule has 2 atom stereocenters. The predicted octanol–water partition coefficient (Wildman–Crippen LogP) is 3.98. The lowest BCUT2D eigenvalue weighted by Gasteiger charge is -2.42. The van der Waals surface area contributed by atoms with Crippen LogP contribution in [0.3, 0.4) is 0 Å². The minimum atomic E-state index is -0.482. The highest BCUT2D eigenvalue weighted by Gasteiger charge is 2.37. The Morgan fingerprint density at radius 3 is 2.28 bits per heavy atom. The standard InChI is InChI=1S/C27H28N4O4S/c1-19(30-13-11-24-23(12-18-36-24)25(30)20-5-3-2-4-6-20)26(32)28-14-16-29(17-15-28)27(33)21-7-9-22(10-8-21)31(34)35/h2-10,12,18-19,25H,11,13-17H2,1H3/t19-,25+/m0/s1. The Hall–Kier alpha value is -3.56. The number of benzene rings is 2. The van der Waals surface area contributed by atoms with Crippen LogP contribution in [-0.4, -0.2) is 70.2 Å². The zero-order valence-electron chi connectivity index (χ0n) is 20.1. The van der Waals surface area contributed by atoms with Crippen molar-refractivity contribution in [3.8, 4) is 0 Å². The Balaban J connectivity index is 1.26. The van der Waals surface area contributed by atoms with Crippen molar-refractivity contribution < 1.29 is 14.5 Å². The molecule has 3 heterocycles. The molecule has 186 valence electrons. The van der Waals surface area contributed by atoms with Crippen molar-refractivity contribution in [3.05, 3.63) is 97.7 Å². The summed E-state index contributed by atoms with van der Waals surface area (Å²) in [7, 11) is 0. The molecular weight excluding hydrogens is 476 g/mol. The molecule has 0 aliphatic carbocycles. The van der Waals surface area contributed by atoms with Crippen LogP contribution in [0.5, 0.6) is 0 Å². The van der Waals surface area contributed by atoms with Crippen molar-refractivity contribution >= 4 is 28.8 Å². The van der Waals surface area contributed by atoms with E-state index in [1.807, 2.05) is 30.0 Å². The monoisotopic (exact) mass is 504 g/mol. The SMILES string of the molecule is C[C@@H](C(=O)N1CCN(C(=O)c2ccc([N+](=O)[O-])cc2)CC1)N1CCc2sccc2[C@H]1c1ccccc1. The van der Waals surface area contributed by atoms with Crippen LogP contribution in [0, 0.1) is 10.1 Å². The van der Waals surface area contributed by atoms with Crippen LogP contribution in [0.1, 0.15) is 39.3 Å². The lowest BCUT2D eigenvalue weighted by Crippen LogP contribution is -2.56. The van der Waals surface area contributed by atoms with Crippen LogP contribution < -0.4 is 0 Å². The van der Waals surface area contributed by atoms with Gasteiger partial charge in [-0.15, -0.1) is 11.3 Å². The molecule has 0 unspecified atom stereocenters. The summed E-state index contributed by atoms with van der Waals surface area (Å²) in [4.78, 5) is 44.1. The lowest BCUT2D eigenvalue weighted by molar-refractivity contribution is -0.384. The van der Waals surface area contributed by atoms with Gasteiger partial charge in [-0.25, -0.2) is 0 Å². The third kappa shape index (κ3) is 4.64. The van der Waals surface area contributed by atoms with E-state index in [0.29, 0.717) is 31.7 Å². The zero-order chi connectivity index (χ0) is 25.2. The molecule has 8 nitrogen and oxygen atoms in total. The van der Waals surface area contributed by atoms with Gasteiger partial charge in [0, 0.05) is 55.3 Å². The number of carbonyl (C=O) groups is 2. The first-order valence-electron chi connectivity index (χ1n) is 12.1. The van der Waals surface area contributed by atoms with Gasteiger partial charge < -0.3 is 9.80 Å². The summed E-state index contributed by atoms with van der Waals surface area (Å²) in [5.41, 5.74) is 2.85. The zero-order valence-corrected chi connectivity index (χ0v) is 20.9. The van der Waals surface area contributed by atoms with Gasteiger partial charge in [0.25, 0.3) is 11.6 Å². The average molecular weight is 505 g/mol. The van der Waals surface area contributed by atoms with E-state index in [1.165, 1.54) is 40.3 Å². The van der Waals surface area contributed by atoms with E-state index in [1.54, 1.807) is 16.2 Å². The number of nitro benzene ring substituents is 1. The number of rotatable bonds is 5. The molecule has 2 aromatic carbocycles. The van der Waals surface area contributed by atoms with Crippen molar-refractivity contribution in [2.45, 2.75) is 25.4 Å². The fraction of sp³-hybridized carbons (Fsp3) is 0.333. The van der Waals surface area contributed by atoms with Gasteiger partial charge in [0.2, 0.25) is 5.91 Å². The topological polar surface area (TPSA) is 87.0 Å². The summed E-state index contributed by atoms with van der Waals surface area (Å²) in [6, 6.07) is 18.0. The molecule has 2 aliphatic rings. The third-order valence-electron chi connectivity index (χ3n) is 7.18. The van der Waals surface area contributed by atoms with Crippen molar-refractivity contribution in [2.24, 2.45) is 0 Å². The normalized spacial score (nSPS) is 19.0. The molecular formula is C27H28N4O4S. The van der Waals surface area contributed by atoms with Crippen molar-refractivity contribution in [1.82, 2.24) is 14.7 Å². The van der Waals surface area contributed by atoms with E-state index in [0.717, 1.165) is 13.0 Å². The Bertz CT molecular complexity index is 1250. The second-order valence-corrected chi connectivity index (χ2v) is 10.2. The van der Waals surface area contributed by atoms with Gasteiger partial charge in [0.15, 0.2) is 0 Å². The molecule has 0 N–H and O–H groups in total. The molecule has 1 fully saturated rings. The smallest absolute Gasteiger partial charge is 0.269 e. The number of fused-ring (bicyclic) bond motifs is 1. The molecule has 36 heavy (non-hydrogen) atoms. The van der Waals surface area contributed by atoms with Crippen molar-refractivity contribution in [1.29, 1.82) is 0 Å². The van der Waals surface area contributed by atoms with Crippen LogP contribution >= 0.6 is 11.3 Å². The van der Waals surface area contributed by atoms with Crippen molar-refractivity contribution in [2.75, 3.05) is 32.7 Å². The molecule has 3 aromatic rings. The Morgan fingerprint density at radius 1 is 0.944 bits per heavy atom. The summed E-state index contributed by atoms with van der Waals surface area (Å²) in [6.07, 6.45) is 0.936. The third-order valence-corrected chi connectivity index (χ3v) is 8.17. The highest BCUT2D eigenvalue weighted by atomic mass is 32.1. The maximum atomic E-state index is 13.6. The summed E-state index contributed by atoms with van der Waals surface area (Å²) in [6.45, 7) is 4.61. The van der Waals surface area contributed by atoms with E-state index >= 15 is 0 Å².